The minimum atomic E-state index is -4.36. The molecule has 0 spiro atoms. The van der Waals surface area contributed by atoms with Crippen LogP contribution in [-0.4, -0.2) is 16.1 Å². The molecule has 102 valence electrons. The van der Waals surface area contributed by atoms with E-state index in [4.69, 9.17) is 5.73 Å². The van der Waals surface area contributed by atoms with Crippen molar-refractivity contribution in [3.63, 3.8) is 0 Å². The van der Waals surface area contributed by atoms with Crippen LogP contribution < -0.4 is 5.73 Å². The van der Waals surface area contributed by atoms with Crippen LogP contribution in [0.3, 0.4) is 0 Å². The lowest BCUT2D eigenvalue weighted by atomic mass is 9.87. The molecule has 0 aromatic carbocycles. The van der Waals surface area contributed by atoms with Gasteiger partial charge < -0.3 is 5.73 Å². The molecule has 2 aromatic heterocycles. The average Bonchev–Trinajstić information content (AvgIpc) is 2.75. The Labute approximate surface area is 112 Å². The molecule has 2 aromatic rings. The average molecular weight is 287 g/mol. The first-order chi connectivity index (χ1) is 8.72. The third-order valence-corrected chi connectivity index (χ3v) is 3.79. The number of nitrogens with zero attached hydrogens (tertiary/aromatic N) is 2. The van der Waals surface area contributed by atoms with Crippen molar-refractivity contribution in [1.82, 2.24) is 9.97 Å². The first kappa shape index (κ1) is 13.8. The molecular weight excluding hydrogens is 275 g/mol. The molecule has 0 aliphatic rings. The number of rotatable bonds is 2. The van der Waals surface area contributed by atoms with Gasteiger partial charge in [0.15, 0.2) is 5.13 Å². The second-order valence-electron chi connectivity index (χ2n) is 4.62. The fourth-order valence-corrected chi connectivity index (χ4v) is 2.17. The molecule has 7 heteroatoms. The van der Waals surface area contributed by atoms with Gasteiger partial charge in [-0.2, -0.15) is 13.2 Å². The number of nitrogens with two attached hydrogens (primary N) is 1. The van der Waals surface area contributed by atoms with Crippen molar-refractivity contribution < 1.29 is 13.2 Å². The van der Waals surface area contributed by atoms with E-state index in [1.165, 1.54) is 23.6 Å². The minimum Gasteiger partial charge on any atom is -0.375 e. The van der Waals surface area contributed by atoms with Gasteiger partial charge in [0.05, 0.1) is 10.6 Å². The molecule has 0 radical (unpaired) electrons. The maximum atomic E-state index is 13.0. The van der Waals surface area contributed by atoms with E-state index in [1.807, 2.05) is 0 Å². The van der Waals surface area contributed by atoms with Crippen molar-refractivity contribution in [3.05, 3.63) is 30.2 Å². The van der Waals surface area contributed by atoms with E-state index >= 15 is 0 Å². The third-order valence-electron chi connectivity index (χ3n) is 2.92. The number of halogens is 3. The SMILES string of the molecule is CC(C)(c1cc(-c2cnc(N)s2)ccn1)C(F)(F)F. The van der Waals surface area contributed by atoms with E-state index in [9.17, 15) is 13.2 Å². The summed E-state index contributed by atoms with van der Waals surface area (Å²) >= 11 is 1.23. The Morgan fingerprint density at radius 3 is 2.42 bits per heavy atom. The Morgan fingerprint density at radius 1 is 1.21 bits per heavy atom. The molecular formula is C12H12F3N3S. The molecule has 2 heterocycles. The first-order valence-electron chi connectivity index (χ1n) is 5.47. The highest BCUT2D eigenvalue weighted by Gasteiger charge is 2.49. The standard InChI is InChI=1S/C12H12F3N3S/c1-11(2,12(13,14)15)9-5-7(3-4-17-9)8-6-18-10(16)19-8/h3-6H,1-2H3,(H2,16,18). The van der Waals surface area contributed by atoms with E-state index < -0.39 is 11.6 Å². The van der Waals surface area contributed by atoms with Gasteiger partial charge in [-0.05, 0) is 31.5 Å². The normalized spacial score (nSPS) is 12.7. The highest BCUT2D eigenvalue weighted by Crippen LogP contribution is 2.40. The van der Waals surface area contributed by atoms with E-state index in [2.05, 4.69) is 9.97 Å². The lowest BCUT2D eigenvalue weighted by molar-refractivity contribution is -0.181. The topological polar surface area (TPSA) is 51.8 Å². The summed E-state index contributed by atoms with van der Waals surface area (Å²) in [4.78, 5) is 8.45. The Morgan fingerprint density at radius 2 is 1.89 bits per heavy atom. The molecule has 0 aliphatic heterocycles. The molecule has 19 heavy (non-hydrogen) atoms. The van der Waals surface area contributed by atoms with Gasteiger partial charge in [-0.25, -0.2) is 4.98 Å². The Balaban J connectivity index is 2.46. The highest BCUT2D eigenvalue weighted by molar-refractivity contribution is 7.18. The fourth-order valence-electron chi connectivity index (χ4n) is 1.49. The zero-order valence-corrected chi connectivity index (χ0v) is 11.1. The highest BCUT2D eigenvalue weighted by atomic mass is 32.1. The molecule has 2 N–H and O–H groups in total. The molecule has 0 atom stereocenters. The van der Waals surface area contributed by atoms with Crippen molar-refractivity contribution in [2.75, 3.05) is 5.73 Å². The summed E-state index contributed by atoms with van der Waals surface area (Å²) in [6, 6.07) is 3.07. The largest absolute Gasteiger partial charge is 0.399 e. The molecule has 0 unspecified atom stereocenters. The van der Waals surface area contributed by atoms with Crippen LogP contribution in [0, 0.1) is 0 Å². The Bertz CT molecular complexity index is 590. The lowest BCUT2D eigenvalue weighted by Gasteiger charge is -2.27. The maximum Gasteiger partial charge on any atom is 0.399 e. The summed E-state index contributed by atoms with van der Waals surface area (Å²) in [5.41, 5.74) is 4.13. The van der Waals surface area contributed by atoms with E-state index in [0.717, 1.165) is 18.7 Å². The number of pyridine rings is 1. The summed E-state index contributed by atoms with van der Waals surface area (Å²) < 4.78 is 39.0. The summed E-state index contributed by atoms with van der Waals surface area (Å²) in [6.45, 7) is 2.22. The van der Waals surface area contributed by atoms with Crippen LogP contribution in [0.4, 0.5) is 18.3 Å². The van der Waals surface area contributed by atoms with Crippen molar-refractivity contribution in [3.8, 4) is 10.4 Å². The van der Waals surface area contributed by atoms with Crippen LogP contribution in [0.25, 0.3) is 10.4 Å². The van der Waals surface area contributed by atoms with Crippen molar-refractivity contribution in [1.29, 1.82) is 0 Å². The zero-order valence-electron chi connectivity index (χ0n) is 10.3. The number of aromatic nitrogens is 2. The van der Waals surface area contributed by atoms with Crippen LogP contribution in [0.15, 0.2) is 24.5 Å². The van der Waals surface area contributed by atoms with Crippen molar-refractivity contribution >= 4 is 16.5 Å². The number of nitrogen functional groups attached to an aromatic ring is 1. The lowest BCUT2D eigenvalue weighted by Crippen LogP contribution is -2.37. The quantitative estimate of drug-likeness (QED) is 0.917. The van der Waals surface area contributed by atoms with Crippen LogP contribution in [0.5, 0.6) is 0 Å². The molecule has 3 nitrogen and oxygen atoms in total. The number of alkyl halides is 3. The van der Waals surface area contributed by atoms with Gasteiger partial charge in [0.2, 0.25) is 0 Å². The molecule has 0 amide bonds. The minimum absolute atomic E-state index is 0.0236. The monoisotopic (exact) mass is 287 g/mol. The summed E-state index contributed by atoms with van der Waals surface area (Å²) in [6.07, 6.45) is -1.45. The van der Waals surface area contributed by atoms with Crippen LogP contribution >= 0.6 is 11.3 Å². The van der Waals surface area contributed by atoms with E-state index in [0.29, 0.717) is 10.7 Å². The fraction of sp³-hybridized carbons (Fsp3) is 0.333. The van der Waals surface area contributed by atoms with Gasteiger partial charge in [-0.15, -0.1) is 0 Å². The summed E-state index contributed by atoms with van der Waals surface area (Å²) in [5.74, 6) is 0. The van der Waals surface area contributed by atoms with Gasteiger partial charge in [0.1, 0.15) is 5.41 Å². The zero-order chi connectivity index (χ0) is 14.3. The molecule has 0 bridgehead atoms. The molecule has 0 saturated carbocycles. The smallest absolute Gasteiger partial charge is 0.375 e. The van der Waals surface area contributed by atoms with Crippen molar-refractivity contribution in [2.24, 2.45) is 0 Å². The maximum absolute atomic E-state index is 13.0. The second kappa shape index (κ2) is 4.48. The molecule has 0 fully saturated rings. The Kier molecular flexibility index (Phi) is 3.25. The molecule has 2 rings (SSSR count). The van der Waals surface area contributed by atoms with Crippen LogP contribution in [0.2, 0.25) is 0 Å². The van der Waals surface area contributed by atoms with Gasteiger partial charge in [-0.3, -0.25) is 4.98 Å². The molecule has 0 saturated heterocycles. The Hall–Kier alpha value is -1.63. The second-order valence-corrected chi connectivity index (χ2v) is 5.68. The van der Waals surface area contributed by atoms with Crippen LogP contribution in [-0.2, 0) is 5.41 Å². The number of hydrogen-bond donors (Lipinski definition) is 1. The summed E-state index contributed by atoms with van der Waals surface area (Å²) in [5, 5.41) is 0.378. The van der Waals surface area contributed by atoms with Gasteiger partial charge in [0, 0.05) is 12.4 Å². The summed E-state index contributed by atoms with van der Waals surface area (Å²) in [7, 11) is 0. The van der Waals surface area contributed by atoms with E-state index in [1.54, 1.807) is 12.3 Å². The van der Waals surface area contributed by atoms with Gasteiger partial charge in [0.25, 0.3) is 0 Å². The van der Waals surface area contributed by atoms with Crippen LogP contribution in [0.1, 0.15) is 19.5 Å². The number of hydrogen-bond acceptors (Lipinski definition) is 4. The van der Waals surface area contributed by atoms with Crippen molar-refractivity contribution in [2.45, 2.75) is 25.4 Å². The third kappa shape index (κ3) is 2.56. The number of thiazole rings is 1. The van der Waals surface area contributed by atoms with E-state index in [-0.39, 0.29) is 5.69 Å². The predicted molar refractivity (Wildman–Crippen MR) is 68.8 cm³/mol. The molecule has 0 aliphatic carbocycles. The van der Waals surface area contributed by atoms with Gasteiger partial charge in [-0.1, -0.05) is 11.3 Å². The first-order valence-corrected chi connectivity index (χ1v) is 6.28. The number of anilines is 1. The van der Waals surface area contributed by atoms with Gasteiger partial charge >= 0.3 is 6.18 Å². The predicted octanol–water partition coefficient (Wildman–Crippen LogP) is 3.63.